The zero-order valence-corrected chi connectivity index (χ0v) is 26.2. The minimum Gasteiger partial charge on any atom is -0.508 e. The van der Waals surface area contributed by atoms with Gasteiger partial charge in [-0.2, -0.15) is 9.97 Å². The van der Waals surface area contributed by atoms with Crippen molar-refractivity contribution in [2.45, 2.75) is 67.7 Å². The van der Waals surface area contributed by atoms with Crippen LogP contribution < -0.4 is 9.64 Å². The summed E-state index contributed by atoms with van der Waals surface area (Å²) in [6.45, 7) is 3.46. The average Bonchev–Trinajstić information content (AvgIpc) is 3.56. The van der Waals surface area contributed by atoms with E-state index >= 15 is 4.39 Å². The molecule has 2 unspecified atom stereocenters. The van der Waals surface area contributed by atoms with Gasteiger partial charge in [0.1, 0.15) is 41.4 Å². The molecule has 4 saturated heterocycles. The molecule has 8 rings (SSSR count). The van der Waals surface area contributed by atoms with Gasteiger partial charge in [0, 0.05) is 37.8 Å². The molecule has 4 aliphatic heterocycles. The number of aromatic nitrogens is 3. The molecule has 4 aliphatic rings. The Morgan fingerprint density at radius 2 is 1.89 bits per heavy atom. The highest BCUT2D eigenvalue weighted by atomic mass is 32.2. The van der Waals surface area contributed by atoms with Crippen LogP contribution in [0.4, 0.5) is 19.0 Å². The van der Waals surface area contributed by atoms with Crippen LogP contribution in [0.1, 0.15) is 44.6 Å². The van der Waals surface area contributed by atoms with Crippen molar-refractivity contribution in [3.63, 3.8) is 0 Å². The van der Waals surface area contributed by atoms with E-state index in [2.05, 4.69) is 14.9 Å². The second kappa shape index (κ2) is 10.7. The number of aromatic hydroxyl groups is 1. The van der Waals surface area contributed by atoms with E-state index in [1.165, 1.54) is 30.5 Å². The predicted molar refractivity (Wildman–Crippen MR) is 168 cm³/mol. The normalized spacial score (nSPS) is 27.1. The van der Waals surface area contributed by atoms with Crippen LogP contribution in [0, 0.1) is 11.6 Å². The number of phenols is 1. The number of pyridine rings is 1. The van der Waals surface area contributed by atoms with Gasteiger partial charge in [0.2, 0.25) is 0 Å². The van der Waals surface area contributed by atoms with E-state index < -0.39 is 43.7 Å². The van der Waals surface area contributed by atoms with Gasteiger partial charge in [0.05, 0.1) is 21.4 Å². The monoisotopic (exact) mass is 653 g/mol. The van der Waals surface area contributed by atoms with Crippen molar-refractivity contribution in [2.24, 2.45) is 0 Å². The number of anilines is 1. The second-order valence-corrected chi connectivity index (χ2v) is 15.7. The van der Waals surface area contributed by atoms with Crippen LogP contribution in [-0.4, -0.2) is 88.4 Å². The lowest BCUT2D eigenvalue weighted by Gasteiger charge is -2.33. The highest BCUT2D eigenvalue weighted by molar-refractivity contribution is 7.93. The van der Waals surface area contributed by atoms with Gasteiger partial charge in [-0.25, -0.2) is 21.6 Å². The minimum absolute atomic E-state index is 0.0905. The molecule has 1 N–H and O–H groups in total. The number of nitrogens with zero attached hydrogens (tertiary/aromatic N) is 5. The van der Waals surface area contributed by atoms with Gasteiger partial charge in [0.15, 0.2) is 15.7 Å². The Balaban J connectivity index is 1.28. The van der Waals surface area contributed by atoms with Crippen molar-refractivity contribution in [3.8, 4) is 23.0 Å². The van der Waals surface area contributed by atoms with Gasteiger partial charge >= 0.3 is 6.01 Å². The predicted octanol–water partition coefficient (Wildman–Crippen LogP) is 5.11. The third-order valence-corrected chi connectivity index (χ3v) is 13.2. The van der Waals surface area contributed by atoms with E-state index in [1.54, 1.807) is 6.92 Å². The number of rotatable bonds is 6. The molecule has 0 aliphatic carbocycles. The molecule has 0 amide bonds. The lowest BCUT2D eigenvalue weighted by Crippen LogP contribution is -2.47. The Morgan fingerprint density at radius 3 is 2.65 bits per heavy atom. The molecule has 2 aromatic heterocycles. The lowest BCUT2D eigenvalue weighted by atomic mass is 9.94. The van der Waals surface area contributed by atoms with E-state index in [-0.39, 0.29) is 53.6 Å². The standard InChI is InChI=1S/C33H34F3N5O4S/c1-2-23-26(35)7-4-18-10-20(42)11-24(27(18)23)29-28(36)30-25(13-37-29)31(40-15-21-5-6-22(16-40)46(21,43)44)39-32(38-30)45-17-33-8-3-9-41(33)14-19(34)12-33/h4,7,10-11,13,19,21-22,42H,2-3,5-6,8-9,12,14-17H2,1H3/t19-,21?,22?,33+/m1/s1. The van der Waals surface area contributed by atoms with E-state index in [4.69, 9.17) is 9.72 Å². The third kappa shape index (κ3) is 4.52. The first-order valence-electron chi connectivity index (χ1n) is 15.9. The van der Waals surface area contributed by atoms with E-state index in [9.17, 15) is 22.3 Å². The fourth-order valence-electron chi connectivity index (χ4n) is 8.30. The highest BCUT2D eigenvalue weighted by Crippen LogP contribution is 2.43. The molecule has 46 heavy (non-hydrogen) atoms. The quantitative estimate of drug-likeness (QED) is 0.304. The maximum Gasteiger partial charge on any atom is 0.319 e. The first-order valence-corrected chi connectivity index (χ1v) is 17.5. The molecule has 6 heterocycles. The Hall–Kier alpha value is -3.71. The Bertz CT molecular complexity index is 1990. The second-order valence-electron chi connectivity index (χ2n) is 13.2. The zero-order valence-electron chi connectivity index (χ0n) is 25.3. The average molecular weight is 654 g/mol. The number of benzene rings is 2. The van der Waals surface area contributed by atoms with Gasteiger partial charge in [-0.3, -0.25) is 9.88 Å². The van der Waals surface area contributed by atoms with E-state index in [0.717, 1.165) is 19.4 Å². The molecule has 4 fully saturated rings. The number of hydrogen-bond acceptors (Lipinski definition) is 9. The number of alkyl halides is 1. The fourth-order valence-corrected chi connectivity index (χ4v) is 10.5. The van der Waals surface area contributed by atoms with Gasteiger partial charge in [-0.15, -0.1) is 0 Å². The van der Waals surface area contributed by atoms with Crippen LogP contribution in [0.5, 0.6) is 11.8 Å². The summed E-state index contributed by atoms with van der Waals surface area (Å²) in [6.07, 6.45) is 3.96. The molecule has 2 bridgehead atoms. The van der Waals surface area contributed by atoms with Crippen LogP contribution in [0.25, 0.3) is 32.9 Å². The van der Waals surface area contributed by atoms with E-state index in [1.807, 2.05) is 4.90 Å². The number of halogens is 3. The summed E-state index contributed by atoms with van der Waals surface area (Å²) in [7, 11) is -3.26. The number of hydrogen-bond donors (Lipinski definition) is 1. The smallest absolute Gasteiger partial charge is 0.319 e. The number of sulfone groups is 1. The molecule has 0 radical (unpaired) electrons. The van der Waals surface area contributed by atoms with Crippen molar-refractivity contribution in [3.05, 3.63) is 47.7 Å². The fraction of sp³-hybridized carbons (Fsp3) is 0.485. The van der Waals surface area contributed by atoms with Crippen LogP contribution in [0.2, 0.25) is 0 Å². The molecule has 4 atom stereocenters. The molecule has 2 aromatic carbocycles. The molecule has 4 aromatic rings. The van der Waals surface area contributed by atoms with Crippen molar-refractivity contribution in [2.75, 3.05) is 37.7 Å². The summed E-state index contributed by atoms with van der Waals surface area (Å²) < 4.78 is 78.2. The molecule has 242 valence electrons. The maximum atomic E-state index is 16.8. The van der Waals surface area contributed by atoms with Crippen LogP contribution in [0.15, 0.2) is 30.5 Å². The van der Waals surface area contributed by atoms with Crippen LogP contribution in [-0.2, 0) is 16.3 Å². The summed E-state index contributed by atoms with van der Waals surface area (Å²) >= 11 is 0. The van der Waals surface area contributed by atoms with Crippen molar-refractivity contribution in [1.29, 1.82) is 0 Å². The SMILES string of the molecule is CCc1c(F)ccc2cc(O)cc(-c3ncc4c(N5CC6CCC(C5)S6(=O)=O)nc(OC[C@@]56CCCN5C[C@H](F)C6)nc4c3F)c12. The molecule has 0 saturated carbocycles. The molecular formula is C33H34F3N5O4S. The molecule has 0 spiro atoms. The first-order chi connectivity index (χ1) is 22.1. The van der Waals surface area contributed by atoms with Gasteiger partial charge in [-0.05, 0) is 73.2 Å². The van der Waals surface area contributed by atoms with Crippen molar-refractivity contribution >= 4 is 37.3 Å². The number of aryl methyl sites for hydroxylation is 1. The first kappa shape index (κ1) is 29.7. The molecule has 13 heteroatoms. The van der Waals surface area contributed by atoms with Crippen LogP contribution in [0.3, 0.4) is 0 Å². The molecule has 9 nitrogen and oxygen atoms in total. The van der Waals surface area contributed by atoms with Crippen molar-refractivity contribution in [1.82, 2.24) is 19.9 Å². The summed E-state index contributed by atoms with van der Waals surface area (Å²) in [5.41, 5.74) is -0.112. The highest BCUT2D eigenvalue weighted by Gasteiger charge is 2.50. The summed E-state index contributed by atoms with van der Waals surface area (Å²) in [5.74, 6) is -1.05. The largest absolute Gasteiger partial charge is 0.508 e. The van der Waals surface area contributed by atoms with E-state index in [0.29, 0.717) is 54.4 Å². The van der Waals surface area contributed by atoms with Crippen LogP contribution >= 0.6 is 0 Å². The van der Waals surface area contributed by atoms with Gasteiger partial charge < -0.3 is 14.7 Å². The summed E-state index contributed by atoms with van der Waals surface area (Å²) in [5, 5.41) is 10.7. The molecular weight excluding hydrogens is 619 g/mol. The van der Waals surface area contributed by atoms with Gasteiger partial charge in [-0.1, -0.05) is 13.0 Å². The van der Waals surface area contributed by atoms with Crippen molar-refractivity contribution < 1.29 is 31.4 Å². The number of fused-ring (bicyclic) bond motifs is 5. The van der Waals surface area contributed by atoms with Gasteiger partial charge in [0.25, 0.3) is 0 Å². The lowest BCUT2D eigenvalue weighted by molar-refractivity contribution is 0.107. The number of phenolic OH excluding ortho intramolecular Hbond substituents is 1. The maximum absolute atomic E-state index is 16.8. The summed E-state index contributed by atoms with van der Waals surface area (Å²) in [4.78, 5) is 17.6. The summed E-state index contributed by atoms with van der Waals surface area (Å²) in [6, 6.07) is 5.63. The Labute approximate surface area is 264 Å². The Kier molecular flexibility index (Phi) is 6.88. The topological polar surface area (TPSA) is 109 Å². The minimum atomic E-state index is -3.26. The Morgan fingerprint density at radius 1 is 1.11 bits per heavy atom. The number of ether oxygens (including phenoxy) is 1. The third-order valence-electron chi connectivity index (χ3n) is 10.5. The zero-order chi connectivity index (χ0) is 32.0.